The van der Waals surface area contributed by atoms with Crippen LogP contribution in [0.5, 0.6) is 0 Å². The summed E-state index contributed by atoms with van der Waals surface area (Å²) in [5.41, 5.74) is -1.33. The number of hydrogen-bond donors (Lipinski definition) is 4. The lowest BCUT2D eigenvalue weighted by atomic mass is 9.82. The average Bonchev–Trinajstić information content (AvgIpc) is 2.35. The minimum Gasteiger partial charge on any atom is -0.481 e. The number of rotatable bonds is 7. The molecule has 0 rings (SSSR count). The van der Waals surface area contributed by atoms with Gasteiger partial charge in [0.05, 0.1) is 12.0 Å². The van der Waals surface area contributed by atoms with Gasteiger partial charge < -0.3 is 21.1 Å². The number of urea groups is 1. The van der Waals surface area contributed by atoms with Crippen molar-refractivity contribution in [1.29, 1.82) is 0 Å². The molecule has 21 heavy (non-hydrogen) atoms. The Morgan fingerprint density at radius 3 is 1.90 bits per heavy atom. The first kappa shape index (κ1) is 19.2. The molecule has 0 radical (unpaired) electrons. The molecule has 0 atom stereocenters. The van der Waals surface area contributed by atoms with Crippen LogP contribution in [0.2, 0.25) is 0 Å². The van der Waals surface area contributed by atoms with Crippen LogP contribution >= 0.6 is 0 Å². The van der Waals surface area contributed by atoms with E-state index in [1.807, 2.05) is 20.8 Å². The first-order valence-corrected chi connectivity index (χ1v) is 7.12. The lowest BCUT2D eigenvalue weighted by Crippen LogP contribution is -2.50. The number of carboxylic acids is 1. The van der Waals surface area contributed by atoms with Crippen LogP contribution in [0.1, 0.15) is 47.5 Å². The number of carbonyl (C=O) groups is 3. The van der Waals surface area contributed by atoms with Crippen LogP contribution in [0.15, 0.2) is 0 Å². The summed E-state index contributed by atoms with van der Waals surface area (Å²) in [5, 5.41) is 16.9. The minimum absolute atomic E-state index is 0.0298. The highest BCUT2D eigenvalue weighted by atomic mass is 16.4. The van der Waals surface area contributed by atoms with Crippen molar-refractivity contribution in [3.63, 3.8) is 0 Å². The van der Waals surface area contributed by atoms with Crippen LogP contribution in [0.4, 0.5) is 4.79 Å². The molecule has 0 saturated heterocycles. The van der Waals surface area contributed by atoms with E-state index in [0.717, 1.165) is 0 Å². The van der Waals surface area contributed by atoms with Crippen LogP contribution in [0.25, 0.3) is 0 Å². The quantitative estimate of drug-likeness (QED) is 0.564. The summed E-state index contributed by atoms with van der Waals surface area (Å²) in [6.45, 7) is 8.95. The van der Waals surface area contributed by atoms with Crippen molar-refractivity contribution in [3.05, 3.63) is 0 Å². The smallest absolute Gasteiger partial charge is 0.315 e. The summed E-state index contributed by atoms with van der Waals surface area (Å²) in [6, 6.07) is -0.549. The van der Waals surface area contributed by atoms with Crippen LogP contribution in [0.3, 0.4) is 0 Å². The van der Waals surface area contributed by atoms with Crippen molar-refractivity contribution < 1.29 is 19.5 Å². The molecule has 0 aliphatic carbocycles. The maximum Gasteiger partial charge on any atom is 0.315 e. The predicted molar refractivity (Wildman–Crippen MR) is 79.9 cm³/mol. The normalized spacial score (nSPS) is 11.7. The van der Waals surface area contributed by atoms with Crippen molar-refractivity contribution >= 4 is 17.9 Å². The van der Waals surface area contributed by atoms with Gasteiger partial charge in [0, 0.05) is 12.1 Å². The fraction of sp³-hybridized carbons (Fsp3) is 0.786. The molecule has 0 aromatic carbocycles. The molecule has 0 unspecified atom stereocenters. The lowest BCUT2D eigenvalue weighted by Gasteiger charge is -2.27. The van der Waals surface area contributed by atoms with Crippen molar-refractivity contribution in [2.45, 2.75) is 53.0 Å². The Morgan fingerprint density at radius 2 is 1.52 bits per heavy atom. The highest BCUT2D eigenvalue weighted by Gasteiger charge is 2.35. The summed E-state index contributed by atoms with van der Waals surface area (Å²) in [4.78, 5) is 34.4. The number of aliphatic carboxylic acids is 1. The van der Waals surface area contributed by atoms with Gasteiger partial charge >= 0.3 is 12.0 Å². The summed E-state index contributed by atoms with van der Waals surface area (Å²) >= 11 is 0. The molecule has 3 amide bonds. The standard InChI is InChI=1S/C14H27N3O4/c1-6-14(7-2,11(19)20)9-16-12(21)15-8-10(18)17-13(3,4)5/h6-9H2,1-5H3,(H,17,18)(H,19,20)(H2,15,16,21). The zero-order chi connectivity index (χ0) is 16.7. The largest absolute Gasteiger partial charge is 0.481 e. The van der Waals surface area contributed by atoms with Gasteiger partial charge in [-0.05, 0) is 33.6 Å². The molecule has 0 aliphatic rings. The molecule has 7 nitrogen and oxygen atoms in total. The molecule has 0 spiro atoms. The third-order valence-electron chi connectivity index (χ3n) is 3.32. The molecule has 0 fully saturated rings. The summed E-state index contributed by atoms with van der Waals surface area (Å²) in [6.07, 6.45) is 0.841. The Kier molecular flexibility index (Phi) is 7.18. The zero-order valence-electron chi connectivity index (χ0n) is 13.5. The number of amides is 3. The van der Waals surface area contributed by atoms with Gasteiger partial charge in [0.2, 0.25) is 5.91 Å². The van der Waals surface area contributed by atoms with Crippen LogP contribution in [0, 0.1) is 5.41 Å². The molecular weight excluding hydrogens is 274 g/mol. The fourth-order valence-electron chi connectivity index (χ4n) is 1.81. The molecule has 0 heterocycles. The predicted octanol–water partition coefficient (Wildman–Crippen LogP) is 1.09. The monoisotopic (exact) mass is 301 g/mol. The number of nitrogens with one attached hydrogen (secondary N) is 3. The van der Waals surface area contributed by atoms with Gasteiger partial charge in [-0.2, -0.15) is 0 Å². The molecule has 0 bridgehead atoms. The number of carboxylic acid groups (broad SMARTS) is 1. The Bertz CT molecular complexity index is 384. The average molecular weight is 301 g/mol. The summed E-state index contributed by atoms with van der Waals surface area (Å²) < 4.78 is 0. The van der Waals surface area contributed by atoms with Gasteiger partial charge in [-0.3, -0.25) is 9.59 Å². The zero-order valence-corrected chi connectivity index (χ0v) is 13.5. The van der Waals surface area contributed by atoms with Crippen LogP contribution < -0.4 is 16.0 Å². The summed E-state index contributed by atoms with van der Waals surface area (Å²) in [5.74, 6) is -1.23. The van der Waals surface area contributed by atoms with E-state index >= 15 is 0 Å². The van der Waals surface area contributed by atoms with Gasteiger partial charge in [-0.15, -0.1) is 0 Å². The Morgan fingerprint density at radius 1 is 1.00 bits per heavy atom. The highest BCUT2D eigenvalue weighted by Crippen LogP contribution is 2.25. The third-order valence-corrected chi connectivity index (χ3v) is 3.32. The van der Waals surface area contributed by atoms with Gasteiger partial charge in [-0.25, -0.2) is 4.79 Å². The van der Waals surface area contributed by atoms with E-state index in [1.54, 1.807) is 13.8 Å². The topological polar surface area (TPSA) is 108 Å². The molecule has 7 heteroatoms. The van der Waals surface area contributed by atoms with Gasteiger partial charge in [-0.1, -0.05) is 13.8 Å². The maximum absolute atomic E-state index is 11.6. The number of carbonyl (C=O) groups excluding carboxylic acids is 2. The molecule has 4 N–H and O–H groups in total. The summed E-state index contributed by atoms with van der Waals surface area (Å²) in [7, 11) is 0. The van der Waals surface area contributed by atoms with Crippen LogP contribution in [-0.2, 0) is 9.59 Å². The first-order chi connectivity index (χ1) is 9.56. The first-order valence-electron chi connectivity index (χ1n) is 7.12. The van der Waals surface area contributed by atoms with Crippen molar-refractivity contribution in [2.75, 3.05) is 13.1 Å². The lowest BCUT2D eigenvalue weighted by molar-refractivity contribution is -0.149. The molecule has 0 saturated carbocycles. The van der Waals surface area contributed by atoms with Crippen LogP contribution in [-0.4, -0.2) is 41.6 Å². The van der Waals surface area contributed by atoms with E-state index in [9.17, 15) is 19.5 Å². The molecule has 0 aromatic heterocycles. The maximum atomic E-state index is 11.6. The van der Waals surface area contributed by atoms with E-state index in [2.05, 4.69) is 16.0 Å². The number of hydrogen-bond acceptors (Lipinski definition) is 3. The SMILES string of the molecule is CCC(CC)(CNC(=O)NCC(=O)NC(C)(C)C)C(=O)O. The molecule has 122 valence electrons. The Hall–Kier alpha value is -1.79. The van der Waals surface area contributed by atoms with E-state index in [4.69, 9.17) is 0 Å². The second-order valence-corrected chi connectivity index (χ2v) is 6.13. The van der Waals surface area contributed by atoms with E-state index in [1.165, 1.54) is 0 Å². The fourth-order valence-corrected chi connectivity index (χ4v) is 1.81. The van der Waals surface area contributed by atoms with Crippen molar-refractivity contribution in [3.8, 4) is 0 Å². The second-order valence-electron chi connectivity index (χ2n) is 6.13. The van der Waals surface area contributed by atoms with E-state index < -0.39 is 17.4 Å². The van der Waals surface area contributed by atoms with E-state index in [-0.39, 0.29) is 24.5 Å². The minimum atomic E-state index is -0.967. The molecular formula is C14H27N3O4. The van der Waals surface area contributed by atoms with Crippen molar-refractivity contribution in [2.24, 2.45) is 5.41 Å². The van der Waals surface area contributed by atoms with Gasteiger partial charge in [0.1, 0.15) is 0 Å². The second kappa shape index (κ2) is 7.85. The Labute approximate surface area is 125 Å². The third kappa shape index (κ3) is 6.97. The van der Waals surface area contributed by atoms with Crippen molar-refractivity contribution in [1.82, 2.24) is 16.0 Å². The van der Waals surface area contributed by atoms with Gasteiger partial charge in [0.15, 0.2) is 0 Å². The highest BCUT2D eigenvalue weighted by molar-refractivity contribution is 5.84. The Balaban J connectivity index is 4.27. The van der Waals surface area contributed by atoms with Gasteiger partial charge in [0.25, 0.3) is 0 Å². The molecule has 0 aromatic rings. The molecule has 0 aliphatic heterocycles. The van der Waals surface area contributed by atoms with E-state index in [0.29, 0.717) is 12.8 Å².